The second kappa shape index (κ2) is 6.69. The van der Waals surface area contributed by atoms with Crippen molar-refractivity contribution in [1.29, 1.82) is 0 Å². The first-order chi connectivity index (χ1) is 11.6. The molecule has 0 fully saturated rings. The van der Waals surface area contributed by atoms with Crippen molar-refractivity contribution in [2.24, 2.45) is 11.7 Å². The number of nitrogens with zero attached hydrogens (tertiary/aromatic N) is 1. The van der Waals surface area contributed by atoms with Crippen molar-refractivity contribution in [3.05, 3.63) is 59.7 Å². The molecule has 2 aromatic carbocycles. The van der Waals surface area contributed by atoms with Crippen molar-refractivity contribution in [2.45, 2.75) is 5.92 Å². The van der Waals surface area contributed by atoms with Crippen molar-refractivity contribution in [3.8, 4) is 11.1 Å². The van der Waals surface area contributed by atoms with Crippen LogP contribution in [-0.2, 0) is 14.4 Å². The fourth-order valence-corrected chi connectivity index (χ4v) is 2.92. The number of carbonyl (C=O) groups excluding carboxylic acids is 2. The van der Waals surface area contributed by atoms with Crippen LogP contribution in [0, 0.1) is 0 Å². The van der Waals surface area contributed by atoms with Crippen LogP contribution in [0.1, 0.15) is 17.0 Å². The normalized spacial score (nSPS) is 12.2. The topological polar surface area (TPSA) is 108 Å². The Labute approximate surface area is 138 Å². The molecule has 0 saturated carbocycles. The molecule has 7 nitrogen and oxygen atoms in total. The van der Waals surface area contributed by atoms with Crippen LogP contribution in [0.15, 0.2) is 48.5 Å². The van der Waals surface area contributed by atoms with Gasteiger partial charge in [0.2, 0.25) is 0 Å². The molecule has 0 atom stereocenters. The molecule has 124 valence electrons. The molecule has 7 heteroatoms. The Morgan fingerprint density at radius 3 is 2.08 bits per heavy atom. The highest BCUT2D eigenvalue weighted by atomic mass is 16.7. The number of carbonyl (C=O) groups is 2. The lowest BCUT2D eigenvalue weighted by Crippen LogP contribution is -2.43. The maximum atomic E-state index is 11.9. The van der Waals surface area contributed by atoms with Crippen LogP contribution < -0.4 is 11.7 Å². The third-order valence-electron chi connectivity index (χ3n) is 4.00. The van der Waals surface area contributed by atoms with E-state index in [4.69, 9.17) is 16.5 Å². The second-order valence-corrected chi connectivity index (χ2v) is 5.42. The van der Waals surface area contributed by atoms with Gasteiger partial charge in [-0.3, -0.25) is 0 Å². The number of ether oxygens (including phenoxy) is 1. The van der Waals surface area contributed by atoms with Crippen molar-refractivity contribution in [2.75, 3.05) is 13.2 Å². The predicted molar refractivity (Wildman–Crippen MR) is 86.2 cm³/mol. The number of hydrogen-bond donors (Lipinski definition) is 2. The molecule has 0 unspecified atom stereocenters. The number of fused-ring (bicyclic) bond motifs is 3. The molecule has 0 aliphatic heterocycles. The van der Waals surface area contributed by atoms with Gasteiger partial charge in [0.1, 0.15) is 13.2 Å². The van der Waals surface area contributed by atoms with E-state index in [-0.39, 0.29) is 12.5 Å². The fourth-order valence-electron chi connectivity index (χ4n) is 2.92. The first-order valence-corrected chi connectivity index (χ1v) is 7.38. The van der Waals surface area contributed by atoms with Gasteiger partial charge < -0.3 is 9.57 Å². The molecular weight excluding hydrogens is 310 g/mol. The zero-order chi connectivity index (χ0) is 17.1. The Hall–Kier alpha value is -2.90. The van der Waals surface area contributed by atoms with Crippen molar-refractivity contribution in [1.82, 2.24) is 5.01 Å². The van der Waals surface area contributed by atoms with Gasteiger partial charge in [-0.1, -0.05) is 48.5 Å². The quantitative estimate of drug-likeness (QED) is 0.501. The SMILES string of the molecule is NOC(=O)CN(N)C(=O)OCC1c2ccccc2-c2ccccc21. The fraction of sp³-hybridized carbons (Fsp3) is 0.176. The first-order valence-electron chi connectivity index (χ1n) is 7.38. The summed E-state index contributed by atoms with van der Waals surface area (Å²) in [4.78, 5) is 26.9. The highest BCUT2D eigenvalue weighted by molar-refractivity contribution is 5.79. The summed E-state index contributed by atoms with van der Waals surface area (Å²) in [6.07, 6.45) is -0.817. The Balaban J connectivity index is 1.74. The lowest BCUT2D eigenvalue weighted by atomic mass is 9.98. The Morgan fingerprint density at radius 2 is 1.54 bits per heavy atom. The van der Waals surface area contributed by atoms with Crippen LogP contribution in [0.4, 0.5) is 4.79 Å². The molecule has 24 heavy (non-hydrogen) atoms. The van der Waals surface area contributed by atoms with Gasteiger partial charge in [-0.25, -0.2) is 20.4 Å². The average Bonchev–Trinajstić information content (AvgIpc) is 2.93. The molecule has 4 N–H and O–H groups in total. The minimum Gasteiger partial charge on any atom is -0.447 e. The molecule has 0 spiro atoms. The summed E-state index contributed by atoms with van der Waals surface area (Å²) in [7, 11) is 0. The molecule has 3 rings (SSSR count). The maximum Gasteiger partial charge on any atom is 0.424 e. The standard InChI is InChI=1S/C17H17N3O4/c18-20(9-16(21)24-19)17(22)23-10-15-13-7-3-1-5-11(13)12-6-2-4-8-14(12)15/h1-8,15H,9-10,18-19H2. The predicted octanol–water partition coefficient (Wildman–Crippen LogP) is 1.53. The lowest BCUT2D eigenvalue weighted by Gasteiger charge is -2.18. The molecule has 0 aromatic heterocycles. The number of hydrogen-bond acceptors (Lipinski definition) is 6. The van der Waals surface area contributed by atoms with Gasteiger partial charge in [0, 0.05) is 5.92 Å². The van der Waals surface area contributed by atoms with Crippen LogP contribution in [-0.4, -0.2) is 30.2 Å². The molecule has 1 aliphatic carbocycles. The number of amides is 1. The van der Waals surface area contributed by atoms with Crippen LogP contribution in [0.5, 0.6) is 0 Å². The van der Waals surface area contributed by atoms with E-state index in [0.717, 1.165) is 22.3 Å². The van der Waals surface area contributed by atoms with Crippen LogP contribution in [0.25, 0.3) is 11.1 Å². The largest absolute Gasteiger partial charge is 0.447 e. The van der Waals surface area contributed by atoms with E-state index in [1.165, 1.54) is 0 Å². The molecule has 0 bridgehead atoms. The van der Waals surface area contributed by atoms with Gasteiger partial charge in [-0.2, -0.15) is 5.90 Å². The van der Waals surface area contributed by atoms with E-state index in [0.29, 0.717) is 5.01 Å². The third-order valence-corrected chi connectivity index (χ3v) is 4.00. The summed E-state index contributed by atoms with van der Waals surface area (Å²) in [5.74, 6) is 9.29. The van der Waals surface area contributed by atoms with Crippen LogP contribution in [0.2, 0.25) is 0 Å². The number of hydrazine groups is 1. The van der Waals surface area contributed by atoms with Gasteiger partial charge in [-0.05, 0) is 22.3 Å². The molecule has 0 radical (unpaired) electrons. The highest BCUT2D eigenvalue weighted by Gasteiger charge is 2.29. The Bertz CT molecular complexity index is 732. The van der Waals surface area contributed by atoms with Gasteiger partial charge >= 0.3 is 12.1 Å². The maximum absolute atomic E-state index is 11.9. The lowest BCUT2D eigenvalue weighted by molar-refractivity contribution is -0.145. The smallest absolute Gasteiger partial charge is 0.424 e. The zero-order valence-corrected chi connectivity index (χ0v) is 12.8. The number of nitrogens with two attached hydrogens (primary N) is 2. The number of benzene rings is 2. The van der Waals surface area contributed by atoms with Crippen LogP contribution >= 0.6 is 0 Å². The summed E-state index contributed by atoms with van der Waals surface area (Å²) >= 11 is 0. The van der Waals surface area contributed by atoms with E-state index >= 15 is 0 Å². The molecule has 0 heterocycles. The van der Waals surface area contributed by atoms with E-state index in [2.05, 4.69) is 4.84 Å². The summed E-state index contributed by atoms with van der Waals surface area (Å²) in [5.41, 5.74) is 4.45. The van der Waals surface area contributed by atoms with E-state index in [9.17, 15) is 9.59 Å². The molecular formula is C17H17N3O4. The van der Waals surface area contributed by atoms with E-state index in [1.54, 1.807) is 0 Å². The summed E-state index contributed by atoms with van der Waals surface area (Å²) in [5, 5.41) is 0.627. The van der Waals surface area contributed by atoms with Gasteiger partial charge in [-0.15, -0.1) is 0 Å². The first kappa shape index (κ1) is 16.0. The highest BCUT2D eigenvalue weighted by Crippen LogP contribution is 2.44. The van der Waals surface area contributed by atoms with Gasteiger partial charge in [0.25, 0.3) is 0 Å². The van der Waals surface area contributed by atoms with Gasteiger partial charge in [0.05, 0.1) is 0 Å². The summed E-state index contributed by atoms with van der Waals surface area (Å²) < 4.78 is 5.26. The minimum absolute atomic E-state index is 0.0730. The summed E-state index contributed by atoms with van der Waals surface area (Å²) in [6, 6.07) is 16.0. The third kappa shape index (κ3) is 2.94. The van der Waals surface area contributed by atoms with Crippen LogP contribution in [0.3, 0.4) is 0 Å². The molecule has 0 saturated heterocycles. The second-order valence-electron chi connectivity index (χ2n) is 5.42. The van der Waals surface area contributed by atoms with E-state index in [1.807, 2.05) is 48.5 Å². The monoisotopic (exact) mass is 327 g/mol. The van der Waals surface area contributed by atoms with Crippen molar-refractivity contribution in [3.63, 3.8) is 0 Å². The Morgan fingerprint density at radius 1 is 1.00 bits per heavy atom. The zero-order valence-electron chi connectivity index (χ0n) is 12.8. The van der Waals surface area contributed by atoms with Gasteiger partial charge in [0.15, 0.2) is 0 Å². The average molecular weight is 327 g/mol. The van der Waals surface area contributed by atoms with Crippen molar-refractivity contribution >= 4 is 12.1 Å². The molecule has 1 amide bonds. The summed E-state index contributed by atoms with van der Waals surface area (Å²) in [6.45, 7) is -0.356. The minimum atomic E-state index is -0.828. The molecule has 1 aliphatic rings. The van der Waals surface area contributed by atoms with E-state index < -0.39 is 18.6 Å². The Kier molecular flexibility index (Phi) is 4.45. The molecule has 2 aromatic rings. The van der Waals surface area contributed by atoms with Crippen molar-refractivity contribution < 1.29 is 19.2 Å². The number of rotatable bonds is 4.